The largest absolute Gasteiger partial charge is 0.481 e. The lowest BCUT2D eigenvalue weighted by Gasteiger charge is -2.15. The number of carbonyl (C=O) groups excluding carboxylic acids is 1. The zero-order valence-electron chi connectivity index (χ0n) is 13.2. The van der Waals surface area contributed by atoms with E-state index >= 15 is 0 Å². The number of hydrogen-bond acceptors (Lipinski definition) is 4. The van der Waals surface area contributed by atoms with Crippen molar-refractivity contribution in [3.05, 3.63) is 53.6 Å². The summed E-state index contributed by atoms with van der Waals surface area (Å²) in [5, 5.41) is 2.89. The molecule has 1 aliphatic rings. The highest BCUT2D eigenvalue weighted by molar-refractivity contribution is 7.98. The maximum atomic E-state index is 12.3. The van der Waals surface area contributed by atoms with E-state index in [1.807, 2.05) is 48.7 Å². The van der Waals surface area contributed by atoms with Gasteiger partial charge in [0.1, 0.15) is 5.75 Å². The molecule has 5 heteroatoms. The van der Waals surface area contributed by atoms with Gasteiger partial charge in [0.15, 0.2) is 6.10 Å². The molecule has 3 rings (SSSR count). The summed E-state index contributed by atoms with van der Waals surface area (Å²) >= 11 is 1.67. The summed E-state index contributed by atoms with van der Waals surface area (Å²) in [5.41, 5.74) is 3.08. The highest BCUT2D eigenvalue weighted by Gasteiger charge is 2.17. The van der Waals surface area contributed by atoms with Crippen LogP contribution < -0.4 is 10.1 Å². The van der Waals surface area contributed by atoms with Crippen molar-refractivity contribution in [2.45, 2.75) is 31.1 Å². The van der Waals surface area contributed by atoms with Gasteiger partial charge in [0, 0.05) is 10.6 Å². The monoisotopic (exact) mass is 329 g/mol. The topological polar surface area (TPSA) is 47.6 Å². The molecule has 1 aliphatic heterocycles. The average Bonchev–Trinajstić information content (AvgIpc) is 3.03. The lowest BCUT2D eigenvalue weighted by molar-refractivity contribution is -0.122. The molecule has 0 saturated carbocycles. The van der Waals surface area contributed by atoms with E-state index in [4.69, 9.17) is 9.47 Å². The quantitative estimate of drug-likeness (QED) is 0.847. The van der Waals surface area contributed by atoms with E-state index in [-0.39, 0.29) is 5.91 Å². The van der Waals surface area contributed by atoms with Gasteiger partial charge in [0.25, 0.3) is 5.91 Å². The molecular weight excluding hydrogens is 310 g/mol. The number of thioether (sulfide) groups is 1. The first kappa shape index (κ1) is 15.9. The van der Waals surface area contributed by atoms with Gasteiger partial charge in [-0.05, 0) is 60.7 Å². The van der Waals surface area contributed by atoms with Crippen LogP contribution in [-0.2, 0) is 22.7 Å². The fourth-order valence-corrected chi connectivity index (χ4v) is 2.81. The number of hydrogen-bond donors (Lipinski definition) is 1. The Morgan fingerprint density at radius 1 is 1.17 bits per heavy atom. The summed E-state index contributed by atoms with van der Waals surface area (Å²) in [6, 6.07) is 13.6. The Balaban J connectivity index is 1.60. The maximum absolute atomic E-state index is 12.3. The van der Waals surface area contributed by atoms with Crippen LogP contribution in [0.15, 0.2) is 47.4 Å². The van der Waals surface area contributed by atoms with Crippen molar-refractivity contribution in [2.75, 3.05) is 11.6 Å². The molecule has 4 nitrogen and oxygen atoms in total. The molecule has 0 fully saturated rings. The zero-order valence-corrected chi connectivity index (χ0v) is 14.0. The van der Waals surface area contributed by atoms with Crippen molar-refractivity contribution in [3.8, 4) is 5.75 Å². The Morgan fingerprint density at radius 3 is 2.65 bits per heavy atom. The first-order chi connectivity index (χ1) is 11.2. The molecule has 1 atom stereocenters. The molecule has 0 spiro atoms. The molecule has 2 aromatic rings. The van der Waals surface area contributed by atoms with Crippen LogP contribution in [0.3, 0.4) is 0 Å². The first-order valence-corrected chi connectivity index (χ1v) is 8.69. The standard InChI is InChI=1S/C18H19NO3S/c1-12(22-16-5-7-17(23-2)8-6-16)18(20)19-15-4-3-13-10-21-11-14(13)9-15/h3-9,12H,10-11H2,1-2H3,(H,19,20)/t12-/m1/s1. The number of amides is 1. The zero-order chi connectivity index (χ0) is 16.2. The molecule has 0 radical (unpaired) electrons. The lowest BCUT2D eigenvalue weighted by atomic mass is 10.1. The maximum Gasteiger partial charge on any atom is 0.265 e. The molecule has 120 valence electrons. The van der Waals surface area contributed by atoms with Crippen LogP contribution in [0.1, 0.15) is 18.1 Å². The van der Waals surface area contributed by atoms with Crippen LogP contribution in [0, 0.1) is 0 Å². The summed E-state index contributed by atoms with van der Waals surface area (Å²) < 4.78 is 11.1. The van der Waals surface area contributed by atoms with Crippen molar-refractivity contribution < 1.29 is 14.3 Å². The molecule has 0 aromatic heterocycles. The highest BCUT2D eigenvalue weighted by Crippen LogP contribution is 2.24. The molecule has 0 aliphatic carbocycles. The second-order valence-corrected chi connectivity index (χ2v) is 6.28. The minimum Gasteiger partial charge on any atom is -0.481 e. The van der Waals surface area contributed by atoms with Gasteiger partial charge in [-0.15, -0.1) is 11.8 Å². The molecule has 1 heterocycles. The Hall–Kier alpha value is -1.98. The molecule has 0 bridgehead atoms. The molecular formula is C18H19NO3S. The van der Waals surface area contributed by atoms with E-state index in [1.165, 1.54) is 5.56 Å². The third kappa shape index (κ3) is 3.86. The van der Waals surface area contributed by atoms with Crippen LogP contribution >= 0.6 is 11.8 Å². The van der Waals surface area contributed by atoms with Crippen LogP contribution in [0.5, 0.6) is 5.75 Å². The Bertz CT molecular complexity index is 700. The highest BCUT2D eigenvalue weighted by atomic mass is 32.2. The van der Waals surface area contributed by atoms with Gasteiger partial charge in [0.2, 0.25) is 0 Å². The lowest BCUT2D eigenvalue weighted by Crippen LogP contribution is -2.30. The second-order valence-electron chi connectivity index (χ2n) is 5.40. The predicted octanol–water partition coefficient (Wildman–Crippen LogP) is 3.84. The Morgan fingerprint density at radius 2 is 1.91 bits per heavy atom. The predicted molar refractivity (Wildman–Crippen MR) is 91.9 cm³/mol. The minimum atomic E-state index is -0.570. The number of fused-ring (bicyclic) bond motifs is 1. The third-order valence-electron chi connectivity index (χ3n) is 3.73. The van der Waals surface area contributed by atoms with Crippen LogP contribution in [-0.4, -0.2) is 18.3 Å². The smallest absolute Gasteiger partial charge is 0.265 e. The number of rotatable bonds is 5. The average molecular weight is 329 g/mol. The number of ether oxygens (including phenoxy) is 2. The molecule has 1 amide bonds. The van der Waals surface area contributed by atoms with Gasteiger partial charge in [0.05, 0.1) is 13.2 Å². The van der Waals surface area contributed by atoms with E-state index in [1.54, 1.807) is 18.7 Å². The summed E-state index contributed by atoms with van der Waals surface area (Å²) in [7, 11) is 0. The molecule has 0 saturated heterocycles. The van der Waals surface area contributed by atoms with Crippen LogP contribution in [0.2, 0.25) is 0 Å². The number of nitrogens with one attached hydrogen (secondary N) is 1. The van der Waals surface area contributed by atoms with E-state index in [2.05, 4.69) is 5.32 Å². The summed E-state index contributed by atoms with van der Waals surface area (Å²) in [5.74, 6) is 0.519. The van der Waals surface area contributed by atoms with Gasteiger partial charge in [-0.3, -0.25) is 4.79 Å². The SMILES string of the molecule is CSc1ccc(O[C@H](C)C(=O)Nc2ccc3c(c2)COC3)cc1. The van der Waals surface area contributed by atoms with Gasteiger partial charge in [-0.1, -0.05) is 6.07 Å². The van der Waals surface area contributed by atoms with Crippen LogP contribution in [0.25, 0.3) is 0 Å². The van der Waals surface area contributed by atoms with Gasteiger partial charge < -0.3 is 14.8 Å². The minimum absolute atomic E-state index is 0.169. The number of carbonyl (C=O) groups is 1. The number of benzene rings is 2. The molecule has 2 aromatic carbocycles. The molecule has 0 unspecified atom stereocenters. The summed E-state index contributed by atoms with van der Waals surface area (Å²) in [4.78, 5) is 13.4. The van der Waals surface area contributed by atoms with Crippen molar-refractivity contribution in [2.24, 2.45) is 0 Å². The van der Waals surface area contributed by atoms with E-state index in [0.29, 0.717) is 19.0 Å². The van der Waals surface area contributed by atoms with E-state index < -0.39 is 6.10 Å². The van der Waals surface area contributed by atoms with E-state index in [0.717, 1.165) is 16.1 Å². The first-order valence-electron chi connectivity index (χ1n) is 7.47. The van der Waals surface area contributed by atoms with Crippen molar-refractivity contribution in [1.29, 1.82) is 0 Å². The fourth-order valence-electron chi connectivity index (χ4n) is 2.41. The second kappa shape index (κ2) is 7.06. The van der Waals surface area contributed by atoms with Gasteiger partial charge >= 0.3 is 0 Å². The van der Waals surface area contributed by atoms with Gasteiger partial charge in [-0.2, -0.15) is 0 Å². The normalized spacial score (nSPS) is 14.2. The summed E-state index contributed by atoms with van der Waals surface area (Å²) in [6.45, 7) is 3.00. The third-order valence-corrected chi connectivity index (χ3v) is 4.47. The van der Waals surface area contributed by atoms with Crippen molar-refractivity contribution in [3.63, 3.8) is 0 Å². The van der Waals surface area contributed by atoms with E-state index in [9.17, 15) is 4.79 Å². The summed E-state index contributed by atoms with van der Waals surface area (Å²) in [6.07, 6.45) is 1.45. The van der Waals surface area contributed by atoms with Crippen molar-refractivity contribution in [1.82, 2.24) is 0 Å². The van der Waals surface area contributed by atoms with Crippen molar-refractivity contribution >= 4 is 23.4 Å². The fraction of sp³-hybridized carbons (Fsp3) is 0.278. The Kier molecular flexibility index (Phi) is 4.88. The number of anilines is 1. The Labute approximate surface area is 140 Å². The molecule has 23 heavy (non-hydrogen) atoms. The molecule has 1 N–H and O–H groups in total. The van der Waals surface area contributed by atoms with Crippen LogP contribution in [0.4, 0.5) is 5.69 Å². The van der Waals surface area contributed by atoms with Gasteiger partial charge in [-0.25, -0.2) is 0 Å².